The molecule has 0 aliphatic carbocycles. The molecule has 5 heterocycles. The Morgan fingerprint density at radius 3 is 2.90 bits per heavy atom. The van der Waals surface area contributed by atoms with Gasteiger partial charge in [0.05, 0.1) is 6.54 Å². The van der Waals surface area contributed by atoms with E-state index in [0.717, 1.165) is 51.5 Å². The summed E-state index contributed by atoms with van der Waals surface area (Å²) in [7, 11) is 0. The molecule has 5 rings (SSSR count). The Morgan fingerprint density at radius 2 is 2.07 bits per heavy atom. The van der Waals surface area contributed by atoms with Crippen molar-refractivity contribution in [3.05, 3.63) is 18.5 Å². The van der Waals surface area contributed by atoms with Crippen LogP contribution in [0, 0.1) is 11.8 Å². The van der Waals surface area contributed by atoms with Crippen molar-refractivity contribution >= 4 is 5.91 Å². The molecule has 4 aliphatic rings. The van der Waals surface area contributed by atoms with Gasteiger partial charge in [0.15, 0.2) is 0 Å². The Kier molecular flexibility index (Phi) is 5.88. The van der Waals surface area contributed by atoms with Crippen molar-refractivity contribution in [2.24, 2.45) is 11.8 Å². The second kappa shape index (κ2) is 8.74. The third-order valence-electron chi connectivity index (χ3n) is 7.61. The average Bonchev–Trinajstić information content (AvgIpc) is 3.46. The van der Waals surface area contributed by atoms with Crippen LogP contribution in [0.1, 0.15) is 38.5 Å². The predicted molar refractivity (Wildman–Crippen MR) is 110 cm³/mol. The maximum absolute atomic E-state index is 12.5. The number of nitrogens with one attached hydrogen (secondary N) is 1. The molecular formula is C22H35N5O2. The molecule has 0 spiro atoms. The van der Waals surface area contributed by atoms with Crippen LogP contribution >= 0.6 is 0 Å². The highest BCUT2D eigenvalue weighted by Gasteiger charge is 2.47. The Balaban J connectivity index is 1.24. The molecule has 1 aromatic heterocycles. The summed E-state index contributed by atoms with van der Waals surface area (Å²) in [5.74, 6) is 1.52. The molecule has 4 saturated heterocycles. The molecule has 0 aromatic carbocycles. The molecule has 1 amide bonds. The van der Waals surface area contributed by atoms with Crippen LogP contribution in [0.5, 0.6) is 0 Å². The van der Waals surface area contributed by atoms with E-state index in [1.807, 2.05) is 16.9 Å². The number of amides is 1. The third-order valence-corrected chi connectivity index (χ3v) is 7.61. The average molecular weight is 402 g/mol. The van der Waals surface area contributed by atoms with Gasteiger partial charge in [-0.3, -0.25) is 14.4 Å². The van der Waals surface area contributed by atoms with E-state index in [0.29, 0.717) is 18.0 Å². The Morgan fingerprint density at radius 1 is 1.14 bits per heavy atom. The summed E-state index contributed by atoms with van der Waals surface area (Å²) in [6.45, 7) is 7.09. The van der Waals surface area contributed by atoms with Gasteiger partial charge >= 0.3 is 0 Å². The smallest absolute Gasteiger partial charge is 0.249 e. The molecule has 1 aromatic rings. The summed E-state index contributed by atoms with van der Waals surface area (Å²) < 4.78 is 7.62. The molecule has 0 radical (unpaired) electrons. The molecule has 5 atom stereocenters. The molecule has 4 aliphatic heterocycles. The van der Waals surface area contributed by atoms with Crippen molar-refractivity contribution < 1.29 is 9.53 Å². The van der Waals surface area contributed by atoms with Crippen LogP contribution in [0.2, 0.25) is 0 Å². The number of nitrogens with zero attached hydrogens (tertiary/aromatic N) is 4. The quantitative estimate of drug-likeness (QED) is 0.780. The van der Waals surface area contributed by atoms with Crippen LogP contribution in [-0.2, 0) is 16.1 Å². The number of hydrogen-bond acceptors (Lipinski definition) is 5. The first-order valence-corrected chi connectivity index (χ1v) is 11.6. The van der Waals surface area contributed by atoms with Gasteiger partial charge in [-0.25, -0.2) is 0 Å². The van der Waals surface area contributed by atoms with E-state index in [2.05, 4.69) is 26.4 Å². The lowest BCUT2D eigenvalue weighted by atomic mass is 9.72. The molecule has 0 saturated carbocycles. The van der Waals surface area contributed by atoms with Crippen molar-refractivity contribution in [1.82, 2.24) is 24.9 Å². The zero-order chi connectivity index (χ0) is 19.6. The number of piperidine rings is 3. The van der Waals surface area contributed by atoms with Gasteiger partial charge in [-0.2, -0.15) is 5.10 Å². The zero-order valence-electron chi connectivity index (χ0n) is 17.4. The zero-order valence-corrected chi connectivity index (χ0v) is 17.4. The molecule has 160 valence electrons. The van der Waals surface area contributed by atoms with E-state index < -0.39 is 0 Å². The van der Waals surface area contributed by atoms with Crippen LogP contribution < -0.4 is 5.32 Å². The van der Waals surface area contributed by atoms with Crippen molar-refractivity contribution in [3.63, 3.8) is 0 Å². The van der Waals surface area contributed by atoms with Crippen molar-refractivity contribution in [2.45, 2.75) is 63.3 Å². The summed E-state index contributed by atoms with van der Waals surface area (Å²) in [5, 5.41) is 7.62. The molecule has 7 nitrogen and oxygen atoms in total. The van der Waals surface area contributed by atoms with Crippen LogP contribution in [0.15, 0.2) is 18.5 Å². The number of hydrogen-bond donors (Lipinski definition) is 1. The lowest BCUT2D eigenvalue weighted by Gasteiger charge is -2.57. The van der Waals surface area contributed by atoms with Gasteiger partial charge in [0.1, 0.15) is 6.10 Å². The number of ether oxygens (including phenoxy) is 1. The first kappa shape index (κ1) is 19.5. The fraction of sp³-hybridized carbons (Fsp3) is 0.818. The number of carbonyl (C=O) groups excluding carboxylic acids is 1. The lowest BCUT2D eigenvalue weighted by Crippen LogP contribution is -2.66. The van der Waals surface area contributed by atoms with Crippen molar-refractivity contribution in [2.75, 3.05) is 39.3 Å². The maximum Gasteiger partial charge on any atom is 0.249 e. The Bertz CT molecular complexity index is 675. The summed E-state index contributed by atoms with van der Waals surface area (Å²) in [4.78, 5) is 18.0. The normalized spacial score (nSPS) is 35.4. The first-order valence-electron chi connectivity index (χ1n) is 11.6. The number of likely N-dealkylation sites (tertiary alicyclic amines) is 1. The minimum Gasteiger partial charge on any atom is -0.368 e. The van der Waals surface area contributed by atoms with Crippen molar-refractivity contribution in [1.29, 1.82) is 0 Å². The van der Waals surface area contributed by atoms with Crippen LogP contribution in [-0.4, -0.2) is 83.0 Å². The molecule has 7 heteroatoms. The number of rotatable bonds is 6. The van der Waals surface area contributed by atoms with Gasteiger partial charge in [0.2, 0.25) is 5.91 Å². The molecule has 29 heavy (non-hydrogen) atoms. The van der Waals surface area contributed by atoms with Gasteiger partial charge in [0, 0.05) is 57.3 Å². The fourth-order valence-electron chi connectivity index (χ4n) is 6.25. The third kappa shape index (κ3) is 4.23. The van der Waals surface area contributed by atoms with E-state index in [-0.39, 0.29) is 12.0 Å². The van der Waals surface area contributed by atoms with Gasteiger partial charge in [-0.15, -0.1) is 0 Å². The molecular weight excluding hydrogens is 366 g/mol. The molecule has 1 N–H and O–H groups in total. The summed E-state index contributed by atoms with van der Waals surface area (Å²) in [6, 6.07) is 3.16. The Hall–Kier alpha value is -1.44. The largest absolute Gasteiger partial charge is 0.368 e. The van der Waals surface area contributed by atoms with Gasteiger partial charge in [-0.1, -0.05) is 6.42 Å². The van der Waals surface area contributed by atoms with Gasteiger partial charge < -0.3 is 15.0 Å². The second-order valence-corrected chi connectivity index (χ2v) is 9.40. The number of aromatic nitrogens is 2. The van der Waals surface area contributed by atoms with E-state index in [1.165, 1.54) is 38.8 Å². The summed E-state index contributed by atoms with van der Waals surface area (Å²) in [6.07, 6.45) is 10.9. The lowest BCUT2D eigenvalue weighted by molar-refractivity contribution is -0.131. The summed E-state index contributed by atoms with van der Waals surface area (Å²) >= 11 is 0. The topological polar surface area (TPSA) is 62.6 Å². The molecule has 0 unspecified atom stereocenters. The van der Waals surface area contributed by atoms with Crippen molar-refractivity contribution in [3.8, 4) is 0 Å². The molecule has 4 fully saturated rings. The molecule has 2 bridgehead atoms. The minimum atomic E-state index is -0.222. The fourth-order valence-corrected chi connectivity index (χ4v) is 6.25. The van der Waals surface area contributed by atoms with E-state index >= 15 is 0 Å². The minimum absolute atomic E-state index is 0.101. The van der Waals surface area contributed by atoms with Gasteiger partial charge in [0.25, 0.3) is 0 Å². The monoisotopic (exact) mass is 401 g/mol. The SMILES string of the molecule is O=C(NC[C@H]1[C@H]2C[C@H](CN(CCn3cccn3)C2)[C@@H]2CCCCN21)[C@H]1CCCO1. The van der Waals surface area contributed by atoms with Gasteiger partial charge in [-0.05, 0) is 56.6 Å². The van der Waals surface area contributed by atoms with Crippen LogP contribution in [0.3, 0.4) is 0 Å². The van der Waals surface area contributed by atoms with E-state index in [9.17, 15) is 4.79 Å². The first-order chi connectivity index (χ1) is 14.3. The van der Waals surface area contributed by atoms with Crippen LogP contribution in [0.4, 0.5) is 0 Å². The predicted octanol–water partition coefficient (Wildman–Crippen LogP) is 1.35. The highest BCUT2D eigenvalue weighted by Crippen LogP contribution is 2.41. The number of carbonyl (C=O) groups is 1. The number of fused-ring (bicyclic) bond motifs is 4. The highest BCUT2D eigenvalue weighted by molar-refractivity contribution is 5.81. The van der Waals surface area contributed by atoms with Crippen LogP contribution in [0.25, 0.3) is 0 Å². The second-order valence-electron chi connectivity index (χ2n) is 9.40. The van der Waals surface area contributed by atoms with E-state index in [4.69, 9.17) is 4.74 Å². The highest BCUT2D eigenvalue weighted by atomic mass is 16.5. The van der Waals surface area contributed by atoms with E-state index in [1.54, 1.807) is 0 Å². The maximum atomic E-state index is 12.5. The summed E-state index contributed by atoms with van der Waals surface area (Å²) in [5.41, 5.74) is 0. The standard InChI is InChI=1S/C22H35N5O2/c28-22(21-6-3-12-29-21)23-14-20-18-13-17(19-5-1-2-9-27(19)20)15-25(16-18)10-11-26-8-4-7-24-26/h4,7-8,17-21H,1-3,5-6,9-16H2,(H,23,28)/t17-,18+,19+,20+,21-/m1/s1. The Labute approximate surface area is 173 Å².